The number of nitrogens with one attached hydrogen (secondary N) is 1. The maximum absolute atomic E-state index is 13.3. The van der Waals surface area contributed by atoms with Crippen LogP contribution in [0.2, 0.25) is 0 Å². The quantitative estimate of drug-likeness (QED) is 0.654. The first kappa shape index (κ1) is 24.8. The van der Waals surface area contributed by atoms with Crippen LogP contribution in [0.1, 0.15) is 44.6 Å². The Labute approximate surface area is 189 Å². The number of nitrogens with zero attached hydrogens (tertiary/aromatic N) is 2. The lowest BCUT2D eigenvalue weighted by Crippen LogP contribution is -2.50. The van der Waals surface area contributed by atoms with Gasteiger partial charge in [0.1, 0.15) is 5.69 Å². The van der Waals surface area contributed by atoms with Crippen molar-refractivity contribution in [1.29, 1.82) is 0 Å². The molecule has 1 fully saturated rings. The van der Waals surface area contributed by atoms with Crippen molar-refractivity contribution in [2.24, 2.45) is 0 Å². The molecular weight excluding hydrogens is 463 g/mol. The Bertz CT molecular complexity index is 1170. The number of aromatic amines is 1. The van der Waals surface area contributed by atoms with Gasteiger partial charge in [-0.25, -0.2) is 13.2 Å². The Morgan fingerprint density at radius 1 is 1.12 bits per heavy atom. The van der Waals surface area contributed by atoms with Gasteiger partial charge in [-0.05, 0) is 31.0 Å². The second kappa shape index (κ2) is 9.18. The number of carbonyl (C=O) groups is 2. The van der Waals surface area contributed by atoms with Crippen LogP contribution in [0.25, 0.3) is 0 Å². The van der Waals surface area contributed by atoms with E-state index >= 15 is 0 Å². The Morgan fingerprint density at radius 3 is 2.27 bits per heavy atom. The number of aryl methyl sites for hydroxylation is 1. The number of ether oxygens (including phenoxy) is 1. The van der Waals surface area contributed by atoms with Crippen LogP contribution >= 0.6 is 0 Å². The van der Waals surface area contributed by atoms with Gasteiger partial charge in [0.2, 0.25) is 10.0 Å². The summed E-state index contributed by atoms with van der Waals surface area (Å²) in [5.41, 5.74) is 0.234. The van der Waals surface area contributed by atoms with E-state index in [1.54, 1.807) is 6.92 Å². The Morgan fingerprint density at radius 2 is 1.73 bits per heavy atom. The molecule has 1 saturated heterocycles. The first-order valence-corrected chi connectivity index (χ1v) is 11.6. The van der Waals surface area contributed by atoms with Crippen LogP contribution < -0.4 is 0 Å². The van der Waals surface area contributed by atoms with Crippen LogP contribution in [0.5, 0.6) is 0 Å². The van der Waals surface area contributed by atoms with Gasteiger partial charge in [-0.15, -0.1) is 0 Å². The van der Waals surface area contributed by atoms with E-state index in [2.05, 4.69) is 4.98 Å². The second-order valence-corrected chi connectivity index (χ2v) is 9.42. The number of aromatic nitrogens is 1. The number of hydrogen-bond acceptors (Lipinski definition) is 5. The zero-order valence-corrected chi connectivity index (χ0v) is 19.1. The third-order valence-electron chi connectivity index (χ3n) is 5.62. The minimum atomic E-state index is -4.82. The number of methoxy groups -OCH3 is 1. The lowest BCUT2D eigenvalue weighted by Gasteiger charge is -2.34. The van der Waals surface area contributed by atoms with Gasteiger partial charge in [-0.1, -0.05) is 19.1 Å². The van der Waals surface area contributed by atoms with Gasteiger partial charge < -0.3 is 14.6 Å². The standard InChI is InChI=1S/C21H24F3N3O5S/c1-4-15-17(20(29)32-3)13(2)18(25-15)19(28)26-9-11-27(12-10-26)33(30,31)16-8-6-5-7-14(16)21(22,23)24/h5-8,25H,4,9-12H2,1-3H3. The number of hydrogen-bond donors (Lipinski definition) is 1. The number of rotatable bonds is 5. The molecule has 1 aromatic heterocycles. The summed E-state index contributed by atoms with van der Waals surface area (Å²) >= 11 is 0. The molecule has 3 rings (SSSR count). The van der Waals surface area contributed by atoms with E-state index in [1.165, 1.54) is 18.1 Å². The maximum Gasteiger partial charge on any atom is 0.417 e. The first-order valence-electron chi connectivity index (χ1n) is 10.2. The van der Waals surface area contributed by atoms with Crippen LogP contribution in [0.15, 0.2) is 29.2 Å². The SMILES string of the molecule is CCc1[nH]c(C(=O)N2CCN(S(=O)(=O)c3ccccc3C(F)(F)F)CC2)c(C)c1C(=O)OC. The van der Waals surface area contributed by atoms with Crippen molar-refractivity contribution in [1.82, 2.24) is 14.2 Å². The zero-order valence-electron chi connectivity index (χ0n) is 18.3. The van der Waals surface area contributed by atoms with E-state index in [0.717, 1.165) is 22.5 Å². The van der Waals surface area contributed by atoms with Gasteiger partial charge in [-0.3, -0.25) is 4.79 Å². The number of benzene rings is 1. The normalized spacial score (nSPS) is 15.5. The molecule has 0 atom stereocenters. The van der Waals surface area contributed by atoms with Crippen LogP contribution in [-0.2, 0) is 27.4 Å². The maximum atomic E-state index is 13.3. The molecule has 8 nitrogen and oxygen atoms in total. The summed E-state index contributed by atoms with van der Waals surface area (Å²) in [7, 11) is -3.17. The Kier molecular flexibility index (Phi) is 6.89. The summed E-state index contributed by atoms with van der Waals surface area (Å²) in [5, 5.41) is 0. The van der Waals surface area contributed by atoms with Gasteiger partial charge in [-0.2, -0.15) is 17.5 Å². The third kappa shape index (κ3) is 4.62. The smallest absolute Gasteiger partial charge is 0.417 e. The first-order chi connectivity index (χ1) is 15.4. The summed E-state index contributed by atoms with van der Waals surface area (Å²) in [6.45, 7) is 3.08. The van der Waals surface area contributed by atoms with Crippen LogP contribution in [0.3, 0.4) is 0 Å². The number of amides is 1. The van der Waals surface area contributed by atoms with E-state index in [9.17, 15) is 31.2 Å². The fraction of sp³-hybridized carbons (Fsp3) is 0.429. The molecule has 2 aromatic rings. The molecular formula is C21H24F3N3O5S. The number of alkyl halides is 3. The van der Waals surface area contributed by atoms with Crippen molar-refractivity contribution in [2.45, 2.75) is 31.3 Å². The third-order valence-corrected chi connectivity index (χ3v) is 7.58. The van der Waals surface area contributed by atoms with E-state index in [1.807, 2.05) is 6.92 Å². The minimum absolute atomic E-state index is 0.0142. The molecule has 0 spiro atoms. The van der Waals surface area contributed by atoms with Crippen molar-refractivity contribution in [3.05, 3.63) is 52.3 Å². The molecule has 0 unspecified atom stereocenters. The average Bonchev–Trinajstić information content (AvgIpc) is 3.13. The predicted octanol–water partition coefficient (Wildman–Crippen LogP) is 2.84. The van der Waals surface area contributed by atoms with Gasteiger partial charge in [0.15, 0.2) is 0 Å². The zero-order chi connectivity index (χ0) is 24.6. The molecule has 12 heteroatoms. The molecule has 180 valence electrons. The summed E-state index contributed by atoms with van der Waals surface area (Å²) in [6, 6.07) is 4.02. The number of H-pyrrole nitrogens is 1. The fourth-order valence-electron chi connectivity index (χ4n) is 3.87. The topological polar surface area (TPSA) is 99.8 Å². The molecule has 1 amide bonds. The predicted molar refractivity (Wildman–Crippen MR) is 112 cm³/mol. The van der Waals surface area contributed by atoms with Gasteiger partial charge in [0, 0.05) is 31.9 Å². The van der Waals surface area contributed by atoms with E-state index in [4.69, 9.17) is 4.74 Å². The molecule has 1 aliphatic heterocycles. The number of halogens is 3. The summed E-state index contributed by atoms with van der Waals surface area (Å²) < 4.78 is 71.5. The fourth-order valence-corrected chi connectivity index (χ4v) is 5.50. The number of sulfonamides is 1. The number of piperazine rings is 1. The Balaban J connectivity index is 1.80. The molecule has 1 N–H and O–H groups in total. The molecule has 0 radical (unpaired) electrons. The van der Waals surface area contributed by atoms with Gasteiger partial charge in [0.05, 0.1) is 23.1 Å². The van der Waals surface area contributed by atoms with Crippen LogP contribution in [-0.4, -0.2) is 67.8 Å². The monoisotopic (exact) mass is 487 g/mol. The summed E-state index contributed by atoms with van der Waals surface area (Å²) in [4.78, 5) is 28.7. The minimum Gasteiger partial charge on any atom is -0.465 e. The van der Waals surface area contributed by atoms with E-state index in [-0.39, 0.29) is 37.4 Å². The number of esters is 1. The average molecular weight is 488 g/mol. The van der Waals surface area contributed by atoms with Crippen molar-refractivity contribution in [3.63, 3.8) is 0 Å². The lowest BCUT2D eigenvalue weighted by atomic mass is 10.1. The van der Waals surface area contributed by atoms with Crippen molar-refractivity contribution < 1.29 is 35.9 Å². The molecule has 0 bridgehead atoms. The highest BCUT2D eigenvalue weighted by Gasteiger charge is 2.40. The van der Waals surface area contributed by atoms with E-state index < -0.39 is 38.5 Å². The van der Waals surface area contributed by atoms with Crippen LogP contribution in [0.4, 0.5) is 13.2 Å². The summed E-state index contributed by atoms with van der Waals surface area (Å²) in [5.74, 6) is -0.996. The molecule has 0 saturated carbocycles. The van der Waals surface area contributed by atoms with Gasteiger partial charge in [0.25, 0.3) is 5.91 Å². The number of carbonyl (C=O) groups excluding carboxylic acids is 2. The van der Waals surface area contributed by atoms with Gasteiger partial charge >= 0.3 is 12.1 Å². The van der Waals surface area contributed by atoms with Crippen molar-refractivity contribution in [2.75, 3.05) is 33.3 Å². The van der Waals surface area contributed by atoms with E-state index in [0.29, 0.717) is 17.7 Å². The largest absolute Gasteiger partial charge is 0.465 e. The van der Waals surface area contributed by atoms with Crippen molar-refractivity contribution in [3.8, 4) is 0 Å². The van der Waals surface area contributed by atoms with Crippen molar-refractivity contribution >= 4 is 21.9 Å². The summed E-state index contributed by atoms with van der Waals surface area (Å²) in [6.07, 6.45) is -4.36. The highest BCUT2D eigenvalue weighted by atomic mass is 32.2. The molecule has 2 heterocycles. The molecule has 1 aliphatic rings. The van der Waals surface area contributed by atoms with Crippen LogP contribution in [0, 0.1) is 6.92 Å². The second-order valence-electron chi connectivity index (χ2n) is 7.51. The molecule has 1 aromatic carbocycles. The lowest BCUT2D eigenvalue weighted by molar-refractivity contribution is -0.139. The molecule has 0 aliphatic carbocycles. The highest BCUT2D eigenvalue weighted by molar-refractivity contribution is 7.89. The highest BCUT2D eigenvalue weighted by Crippen LogP contribution is 2.35. The molecule has 33 heavy (non-hydrogen) atoms. The Hall–Kier alpha value is -2.86.